The van der Waals surface area contributed by atoms with E-state index in [0.29, 0.717) is 12.0 Å². The third-order valence-electron chi connectivity index (χ3n) is 9.57. The number of allylic oxidation sites excluding steroid dienone is 4. The van der Waals surface area contributed by atoms with E-state index in [1.165, 1.54) is 128 Å². The monoisotopic (exact) mass is 590 g/mol. The Balaban J connectivity index is 2.27. The van der Waals surface area contributed by atoms with Crippen LogP contribution in [0.15, 0.2) is 24.3 Å². The fourth-order valence-electron chi connectivity index (χ4n) is 6.57. The lowest BCUT2D eigenvalue weighted by molar-refractivity contribution is -0.244. The zero-order valence-corrected chi connectivity index (χ0v) is 29.2. The van der Waals surface area contributed by atoms with Crippen LogP contribution in [-0.2, 0) is 4.74 Å². The molecular weight excluding hydrogens is 514 g/mol. The standard InChI is InChI=1S/C39H75NO2/c1-6-8-10-12-14-16-18-19-20-21-22-23-25-27-29-31-33-39(41,42-38-35-37(40(4)5)34-36(38)3)32-30-28-26-24-17-15-13-11-9-7-2/h14,16,19-20,36-38,41H,6-13,15,17-18,21-35H2,1-5H3/b16-14-,20-19-/t36-,37-,38+,39?/m1/s1. The quantitative estimate of drug-likeness (QED) is 0.0535. The Hall–Kier alpha value is -0.640. The van der Waals surface area contributed by atoms with Crippen molar-refractivity contribution in [2.24, 2.45) is 5.92 Å². The van der Waals surface area contributed by atoms with E-state index in [9.17, 15) is 5.11 Å². The lowest BCUT2D eigenvalue weighted by Crippen LogP contribution is -2.38. The van der Waals surface area contributed by atoms with Gasteiger partial charge in [-0.05, 0) is 77.8 Å². The summed E-state index contributed by atoms with van der Waals surface area (Å²) in [5.74, 6) is -0.414. The molecule has 0 saturated heterocycles. The zero-order valence-electron chi connectivity index (χ0n) is 29.2. The zero-order chi connectivity index (χ0) is 30.7. The van der Waals surface area contributed by atoms with Gasteiger partial charge in [-0.1, -0.05) is 141 Å². The number of rotatable bonds is 29. The Labute approximate surface area is 264 Å². The van der Waals surface area contributed by atoms with Gasteiger partial charge in [0.1, 0.15) is 0 Å². The molecule has 0 aromatic heterocycles. The molecule has 1 aliphatic rings. The highest BCUT2D eigenvalue weighted by molar-refractivity contribution is 4.92. The van der Waals surface area contributed by atoms with Crippen molar-refractivity contribution in [2.75, 3.05) is 14.1 Å². The molecule has 0 spiro atoms. The van der Waals surface area contributed by atoms with Crippen LogP contribution in [0.1, 0.15) is 188 Å². The summed E-state index contributed by atoms with van der Waals surface area (Å²) < 4.78 is 6.61. The van der Waals surface area contributed by atoms with Gasteiger partial charge < -0.3 is 14.7 Å². The third-order valence-corrected chi connectivity index (χ3v) is 9.57. The van der Waals surface area contributed by atoms with Crippen LogP contribution in [-0.4, -0.2) is 42.0 Å². The lowest BCUT2D eigenvalue weighted by Gasteiger charge is -2.33. The molecule has 3 heteroatoms. The average molecular weight is 590 g/mol. The van der Waals surface area contributed by atoms with Crippen LogP contribution in [0.25, 0.3) is 0 Å². The summed E-state index contributed by atoms with van der Waals surface area (Å²) in [4.78, 5) is 2.34. The smallest absolute Gasteiger partial charge is 0.165 e. The largest absolute Gasteiger partial charge is 0.365 e. The summed E-state index contributed by atoms with van der Waals surface area (Å²) in [7, 11) is 4.36. The second-order valence-corrected chi connectivity index (χ2v) is 13.9. The molecule has 1 saturated carbocycles. The molecule has 0 aromatic rings. The van der Waals surface area contributed by atoms with Gasteiger partial charge >= 0.3 is 0 Å². The molecule has 1 unspecified atom stereocenters. The van der Waals surface area contributed by atoms with Crippen molar-refractivity contribution in [1.29, 1.82) is 0 Å². The van der Waals surface area contributed by atoms with Gasteiger partial charge in [-0.2, -0.15) is 0 Å². The Morgan fingerprint density at radius 1 is 0.619 bits per heavy atom. The Bertz CT molecular complexity index is 644. The van der Waals surface area contributed by atoms with Crippen LogP contribution in [0.2, 0.25) is 0 Å². The van der Waals surface area contributed by atoms with Crippen LogP contribution in [0, 0.1) is 5.92 Å². The molecule has 1 rings (SSSR count). The first-order valence-electron chi connectivity index (χ1n) is 18.8. The molecule has 0 aromatic carbocycles. The predicted molar refractivity (Wildman–Crippen MR) is 186 cm³/mol. The molecule has 1 aliphatic carbocycles. The van der Waals surface area contributed by atoms with Crippen LogP contribution in [0.5, 0.6) is 0 Å². The van der Waals surface area contributed by atoms with Crippen molar-refractivity contribution in [3.8, 4) is 0 Å². The summed E-state index contributed by atoms with van der Waals surface area (Å²) in [5, 5.41) is 11.7. The van der Waals surface area contributed by atoms with E-state index in [4.69, 9.17) is 4.74 Å². The minimum absolute atomic E-state index is 0.190. The molecule has 0 heterocycles. The van der Waals surface area contributed by atoms with Gasteiger partial charge in [0.2, 0.25) is 0 Å². The van der Waals surface area contributed by atoms with Gasteiger partial charge in [0.25, 0.3) is 0 Å². The van der Waals surface area contributed by atoms with Gasteiger partial charge in [-0.3, -0.25) is 0 Å². The van der Waals surface area contributed by atoms with E-state index in [0.717, 1.165) is 38.5 Å². The molecule has 0 bridgehead atoms. The summed E-state index contributed by atoms with van der Waals surface area (Å²) in [5.41, 5.74) is 0. The SMILES string of the molecule is CCCCC/C=C\C/C=C\CCCCCCCCC(O)(CCCCCCCCCCCC)O[C@H]1C[C@H](N(C)C)C[C@H]1C. The Morgan fingerprint density at radius 2 is 1.05 bits per heavy atom. The Morgan fingerprint density at radius 3 is 1.52 bits per heavy atom. The third kappa shape index (κ3) is 21.1. The van der Waals surface area contributed by atoms with Gasteiger partial charge in [0.15, 0.2) is 5.79 Å². The number of hydrogen-bond donors (Lipinski definition) is 1. The number of ether oxygens (including phenoxy) is 1. The molecule has 4 atom stereocenters. The van der Waals surface area contributed by atoms with Crippen molar-refractivity contribution in [3.63, 3.8) is 0 Å². The van der Waals surface area contributed by atoms with Gasteiger partial charge in [0.05, 0.1) is 6.10 Å². The molecule has 1 fully saturated rings. The average Bonchev–Trinajstić information content (AvgIpc) is 3.33. The maximum atomic E-state index is 11.7. The lowest BCUT2D eigenvalue weighted by atomic mass is 9.98. The van der Waals surface area contributed by atoms with E-state index in [-0.39, 0.29) is 6.10 Å². The van der Waals surface area contributed by atoms with Crippen molar-refractivity contribution in [1.82, 2.24) is 4.90 Å². The van der Waals surface area contributed by atoms with Gasteiger partial charge in [-0.25, -0.2) is 0 Å². The fraction of sp³-hybridized carbons (Fsp3) is 0.897. The molecule has 1 N–H and O–H groups in total. The van der Waals surface area contributed by atoms with E-state index >= 15 is 0 Å². The molecule has 0 radical (unpaired) electrons. The van der Waals surface area contributed by atoms with Crippen LogP contribution in [0.3, 0.4) is 0 Å². The van der Waals surface area contributed by atoms with Gasteiger partial charge in [0, 0.05) is 18.9 Å². The van der Waals surface area contributed by atoms with E-state index in [2.05, 4.69) is 64.1 Å². The van der Waals surface area contributed by atoms with E-state index < -0.39 is 5.79 Å². The highest BCUT2D eigenvalue weighted by Crippen LogP contribution is 2.36. The van der Waals surface area contributed by atoms with Crippen molar-refractivity contribution in [3.05, 3.63) is 24.3 Å². The predicted octanol–water partition coefficient (Wildman–Crippen LogP) is 11.9. The first-order valence-corrected chi connectivity index (χ1v) is 18.8. The summed E-state index contributed by atoms with van der Waals surface area (Å²) >= 11 is 0. The molecule has 0 amide bonds. The van der Waals surface area contributed by atoms with Crippen molar-refractivity contribution >= 4 is 0 Å². The van der Waals surface area contributed by atoms with E-state index in [1.807, 2.05) is 0 Å². The van der Waals surface area contributed by atoms with Crippen molar-refractivity contribution in [2.45, 2.75) is 206 Å². The second kappa shape index (κ2) is 26.7. The Kier molecular flexibility index (Phi) is 25.1. The normalized spacial score (nSPS) is 20.9. The topological polar surface area (TPSA) is 32.7 Å². The maximum absolute atomic E-state index is 11.7. The number of hydrogen-bond acceptors (Lipinski definition) is 3. The number of unbranched alkanes of at least 4 members (excludes halogenated alkanes) is 18. The van der Waals surface area contributed by atoms with Crippen molar-refractivity contribution < 1.29 is 9.84 Å². The summed E-state index contributed by atoms with van der Waals surface area (Å²) in [6, 6.07) is 0.577. The summed E-state index contributed by atoms with van der Waals surface area (Å²) in [6.45, 7) is 6.87. The first kappa shape index (κ1) is 39.4. The molecule has 42 heavy (non-hydrogen) atoms. The number of aliphatic hydroxyl groups is 1. The molecule has 0 aliphatic heterocycles. The molecule has 248 valence electrons. The minimum atomic E-state index is -0.935. The highest BCUT2D eigenvalue weighted by Gasteiger charge is 2.39. The molecule has 3 nitrogen and oxygen atoms in total. The second-order valence-electron chi connectivity index (χ2n) is 13.9. The minimum Gasteiger partial charge on any atom is -0.365 e. The maximum Gasteiger partial charge on any atom is 0.165 e. The van der Waals surface area contributed by atoms with Crippen LogP contribution in [0.4, 0.5) is 0 Å². The fourth-order valence-corrected chi connectivity index (χ4v) is 6.57. The van der Waals surface area contributed by atoms with E-state index in [1.54, 1.807) is 0 Å². The first-order chi connectivity index (χ1) is 20.4. The van der Waals surface area contributed by atoms with Gasteiger partial charge in [-0.15, -0.1) is 0 Å². The number of nitrogens with zero attached hydrogens (tertiary/aromatic N) is 1. The summed E-state index contributed by atoms with van der Waals surface area (Å²) in [6.07, 6.45) is 41.7. The highest BCUT2D eigenvalue weighted by atomic mass is 16.6. The van der Waals surface area contributed by atoms with Crippen LogP contribution < -0.4 is 0 Å². The van der Waals surface area contributed by atoms with Crippen LogP contribution >= 0.6 is 0 Å². The molecular formula is C39H75NO2.